The van der Waals surface area contributed by atoms with E-state index in [9.17, 15) is 18.0 Å². The molecule has 1 fully saturated rings. The van der Waals surface area contributed by atoms with Crippen LogP contribution in [-0.4, -0.2) is 45.3 Å². The average Bonchev–Trinajstić information content (AvgIpc) is 3.31. The van der Waals surface area contributed by atoms with Gasteiger partial charge in [-0.3, -0.25) is 14.5 Å². The molecule has 0 bridgehead atoms. The van der Waals surface area contributed by atoms with E-state index < -0.39 is 17.8 Å². The van der Waals surface area contributed by atoms with Gasteiger partial charge in [0.1, 0.15) is 6.10 Å². The highest BCUT2D eigenvalue weighted by molar-refractivity contribution is 5.76. The third-order valence-corrected chi connectivity index (χ3v) is 5.39. The third-order valence-electron chi connectivity index (χ3n) is 5.39. The number of rotatable bonds is 6. The fourth-order valence-corrected chi connectivity index (χ4v) is 3.78. The molecule has 1 aromatic carbocycles. The summed E-state index contributed by atoms with van der Waals surface area (Å²) < 4.78 is 47.5. The van der Waals surface area contributed by atoms with E-state index in [1.54, 1.807) is 46.1 Å². The van der Waals surface area contributed by atoms with E-state index in [1.807, 2.05) is 6.20 Å². The predicted octanol–water partition coefficient (Wildman–Crippen LogP) is 3.88. The number of alkyl halides is 3. The molecule has 0 saturated carbocycles. The molecule has 9 heteroatoms. The van der Waals surface area contributed by atoms with Crippen molar-refractivity contribution in [3.05, 3.63) is 83.4 Å². The highest BCUT2D eigenvalue weighted by Crippen LogP contribution is 2.33. The summed E-state index contributed by atoms with van der Waals surface area (Å²) in [6.45, 7) is 1.72. The first-order chi connectivity index (χ1) is 15.4. The third kappa shape index (κ3) is 5.34. The van der Waals surface area contributed by atoms with Gasteiger partial charge in [0.2, 0.25) is 5.91 Å². The number of nitrogens with zero attached hydrogens (tertiary/aromatic N) is 4. The average molecular weight is 444 g/mol. The molecule has 1 aliphatic rings. The first-order valence-corrected chi connectivity index (χ1v) is 10.4. The van der Waals surface area contributed by atoms with Crippen molar-refractivity contribution >= 4 is 5.91 Å². The van der Waals surface area contributed by atoms with Crippen LogP contribution in [0.25, 0.3) is 0 Å². The Morgan fingerprint density at radius 3 is 2.75 bits per heavy atom. The SMILES string of the molecule is O=C(CCn1cccn1)N1CCO[C@@H](c2cccc(Cc3ccccc3C(F)(F)F)n2)C1. The summed E-state index contributed by atoms with van der Waals surface area (Å²) in [6, 6.07) is 12.6. The van der Waals surface area contributed by atoms with Gasteiger partial charge in [-0.25, -0.2) is 0 Å². The number of amides is 1. The van der Waals surface area contributed by atoms with Crippen LogP contribution >= 0.6 is 0 Å². The quantitative estimate of drug-likeness (QED) is 0.579. The van der Waals surface area contributed by atoms with Crippen LogP contribution in [0.3, 0.4) is 0 Å². The number of ether oxygens (including phenoxy) is 1. The van der Waals surface area contributed by atoms with Gasteiger partial charge >= 0.3 is 6.18 Å². The summed E-state index contributed by atoms with van der Waals surface area (Å²) in [5.41, 5.74) is 0.640. The monoisotopic (exact) mass is 444 g/mol. The molecule has 0 N–H and O–H groups in total. The fourth-order valence-electron chi connectivity index (χ4n) is 3.78. The molecule has 168 valence electrons. The molecule has 1 saturated heterocycles. The van der Waals surface area contributed by atoms with Gasteiger partial charge in [-0.05, 0) is 29.8 Å². The maximum absolute atomic E-state index is 13.3. The molecule has 4 rings (SSSR count). The summed E-state index contributed by atoms with van der Waals surface area (Å²) in [4.78, 5) is 18.9. The molecule has 0 unspecified atom stereocenters. The number of aromatic nitrogens is 3. The maximum atomic E-state index is 13.3. The van der Waals surface area contributed by atoms with E-state index in [1.165, 1.54) is 12.1 Å². The summed E-state index contributed by atoms with van der Waals surface area (Å²) in [5.74, 6) is 0.00376. The molecule has 1 atom stereocenters. The van der Waals surface area contributed by atoms with Crippen molar-refractivity contribution in [3.63, 3.8) is 0 Å². The molecular formula is C23H23F3N4O2. The number of carbonyl (C=O) groups excluding carboxylic acids is 1. The van der Waals surface area contributed by atoms with E-state index in [0.717, 1.165) is 6.07 Å². The van der Waals surface area contributed by atoms with Gasteiger partial charge in [-0.15, -0.1) is 0 Å². The molecule has 0 radical (unpaired) electrons. The van der Waals surface area contributed by atoms with Gasteiger partial charge in [-0.2, -0.15) is 18.3 Å². The minimum atomic E-state index is -4.42. The van der Waals surface area contributed by atoms with Crippen molar-refractivity contribution in [1.82, 2.24) is 19.7 Å². The lowest BCUT2D eigenvalue weighted by Crippen LogP contribution is -2.42. The van der Waals surface area contributed by atoms with E-state index in [0.29, 0.717) is 44.0 Å². The summed E-state index contributed by atoms with van der Waals surface area (Å²) in [7, 11) is 0. The highest BCUT2D eigenvalue weighted by atomic mass is 19.4. The summed E-state index contributed by atoms with van der Waals surface area (Å²) in [5, 5.41) is 4.10. The minimum absolute atomic E-state index is 0.00376. The van der Waals surface area contributed by atoms with Crippen LogP contribution in [0.4, 0.5) is 13.2 Å². The summed E-state index contributed by atoms with van der Waals surface area (Å²) >= 11 is 0. The van der Waals surface area contributed by atoms with E-state index in [2.05, 4.69) is 10.1 Å². The van der Waals surface area contributed by atoms with Gasteiger partial charge < -0.3 is 9.64 Å². The van der Waals surface area contributed by atoms with Crippen LogP contribution in [0.5, 0.6) is 0 Å². The van der Waals surface area contributed by atoms with Gasteiger partial charge in [0.15, 0.2) is 0 Å². The number of pyridine rings is 1. The smallest absolute Gasteiger partial charge is 0.368 e. The Kier molecular flexibility index (Phi) is 6.55. The highest BCUT2D eigenvalue weighted by Gasteiger charge is 2.33. The molecule has 1 amide bonds. The van der Waals surface area contributed by atoms with Crippen LogP contribution < -0.4 is 0 Å². The van der Waals surface area contributed by atoms with Crippen molar-refractivity contribution in [2.45, 2.75) is 31.7 Å². The van der Waals surface area contributed by atoms with Gasteiger partial charge in [0.05, 0.1) is 24.4 Å². The number of morpholine rings is 1. The second-order valence-corrected chi connectivity index (χ2v) is 7.60. The lowest BCUT2D eigenvalue weighted by molar-refractivity contribution is -0.139. The fraction of sp³-hybridized carbons (Fsp3) is 0.348. The first kappa shape index (κ1) is 22.0. The van der Waals surface area contributed by atoms with Gasteiger partial charge in [0, 0.05) is 44.0 Å². The van der Waals surface area contributed by atoms with E-state index >= 15 is 0 Å². The number of hydrogen-bond acceptors (Lipinski definition) is 4. The Labute approximate surface area is 183 Å². The van der Waals surface area contributed by atoms with Gasteiger partial charge in [-0.1, -0.05) is 24.3 Å². The molecule has 3 heterocycles. The zero-order valence-corrected chi connectivity index (χ0v) is 17.3. The normalized spacial score (nSPS) is 16.8. The molecule has 2 aromatic heterocycles. The number of aryl methyl sites for hydroxylation is 1. The lowest BCUT2D eigenvalue weighted by Gasteiger charge is -2.33. The predicted molar refractivity (Wildman–Crippen MR) is 111 cm³/mol. The molecule has 32 heavy (non-hydrogen) atoms. The number of halogens is 3. The number of benzene rings is 1. The Hall–Kier alpha value is -3.20. The maximum Gasteiger partial charge on any atom is 0.416 e. The number of hydrogen-bond donors (Lipinski definition) is 0. The second kappa shape index (κ2) is 9.52. The molecule has 3 aromatic rings. The van der Waals surface area contributed by atoms with Crippen molar-refractivity contribution in [2.75, 3.05) is 19.7 Å². The van der Waals surface area contributed by atoms with E-state index in [-0.39, 0.29) is 17.9 Å². The Bertz CT molecular complexity index is 1050. The molecular weight excluding hydrogens is 421 g/mol. The van der Waals surface area contributed by atoms with Crippen molar-refractivity contribution in [2.24, 2.45) is 0 Å². The Balaban J connectivity index is 1.43. The van der Waals surface area contributed by atoms with Crippen molar-refractivity contribution in [3.8, 4) is 0 Å². The molecule has 0 aliphatic carbocycles. The van der Waals surface area contributed by atoms with Crippen molar-refractivity contribution in [1.29, 1.82) is 0 Å². The standard InChI is InChI=1S/C23H23F3N4O2/c24-23(25,26)19-7-2-1-5-17(19)15-18-6-3-8-20(28-18)21-16-29(13-14-32-21)22(31)9-12-30-11-4-10-27-30/h1-8,10-11,21H,9,12-16H2/t21-/m1/s1. The first-order valence-electron chi connectivity index (χ1n) is 10.4. The number of carbonyl (C=O) groups is 1. The Morgan fingerprint density at radius 1 is 1.12 bits per heavy atom. The largest absolute Gasteiger partial charge is 0.416 e. The van der Waals surface area contributed by atoms with Crippen LogP contribution in [0.2, 0.25) is 0 Å². The lowest BCUT2D eigenvalue weighted by atomic mass is 10.0. The minimum Gasteiger partial charge on any atom is -0.368 e. The van der Waals surface area contributed by atoms with Crippen LogP contribution in [0.1, 0.15) is 35.0 Å². The molecule has 6 nitrogen and oxygen atoms in total. The molecule has 0 spiro atoms. The zero-order chi connectivity index (χ0) is 22.6. The van der Waals surface area contributed by atoms with E-state index in [4.69, 9.17) is 4.74 Å². The topological polar surface area (TPSA) is 60.2 Å². The molecule has 1 aliphatic heterocycles. The zero-order valence-electron chi connectivity index (χ0n) is 17.3. The van der Waals surface area contributed by atoms with Gasteiger partial charge in [0.25, 0.3) is 0 Å². The van der Waals surface area contributed by atoms with Crippen molar-refractivity contribution < 1.29 is 22.7 Å². The van der Waals surface area contributed by atoms with Crippen LogP contribution in [0, 0.1) is 0 Å². The Morgan fingerprint density at radius 2 is 1.97 bits per heavy atom. The second-order valence-electron chi connectivity index (χ2n) is 7.60. The summed E-state index contributed by atoms with van der Waals surface area (Å²) in [6.07, 6.45) is -0.977. The van der Waals surface area contributed by atoms with Crippen LogP contribution in [-0.2, 0) is 28.7 Å². The van der Waals surface area contributed by atoms with Crippen LogP contribution in [0.15, 0.2) is 60.9 Å².